The van der Waals surface area contributed by atoms with Crippen molar-refractivity contribution >= 4 is 21.4 Å². The van der Waals surface area contributed by atoms with Crippen LogP contribution in [-0.2, 0) is 22.1 Å². The van der Waals surface area contributed by atoms with Crippen molar-refractivity contribution < 1.29 is 22.6 Å². The minimum absolute atomic E-state index is 0.0533. The second-order valence-corrected chi connectivity index (χ2v) is 8.61. The molecule has 0 atom stereocenters. The Bertz CT molecular complexity index is 1180. The molecule has 4 rings (SSSR count). The summed E-state index contributed by atoms with van der Waals surface area (Å²) in [4.78, 5) is 0. The molecule has 8 nitrogen and oxygen atoms in total. The van der Waals surface area contributed by atoms with E-state index in [1.807, 2.05) is 25.1 Å². The fraction of sp³-hybridized carbons (Fsp3) is 0.263. The molecule has 0 aliphatic carbocycles. The molecule has 29 heavy (non-hydrogen) atoms. The number of methoxy groups -OCH3 is 1. The normalized spacial score (nSPS) is 12.9. The number of hydrogen-bond acceptors (Lipinski definition) is 7. The van der Waals surface area contributed by atoms with Crippen molar-refractivity contribution in [1.82, 2.24) is 14.8 Å². The van der Waals surface area contributed by atoms with Gasteiger partial charge in [0.25, 0.3) is 0 Å². The van der Waals surface area contributed by atoms with Gasteiger partial charge in [-0.15, -0.1) is 10.2 Å². The number of aromatic nitrogens is 3. The summed E-state index contributed by atoms with van der Waals surface area (Å²) in [5.41, 5.74) is 1.14. The molecule has 2 heterocycles. The summed E-state index contributed by atoms with van der Waals surface area (Å²) in [7, 11) is -2.26. The van der Waals surface area contributed by atoms with E-state index in [1.54, 1.807) is 29.9 Å². The van der Waals surface area contributed by atoms with Gasteiger partial charge < -0.3 is 14.2 Å². The molecule has 1 aliphatic rings. The zero-order chi connectivity index (χ0) is 20.6. The second-order valence-electron chi connectivity index (χ2n) is 6.32. The van der Waals surface area contributed by atoms with Crippen LogP contribution in [-0.4, -0.2) is 37.1 Å². The fourth-order valence-electron chi connectivity index (χ4n) is 3.22. The molecule has 0 spiro atoms. The summed E-state index contributed by atoms with van der Waals surface area (Å²) >= 11 is 6.18. The van der Waals surface area contributed by atoms with Crippen LogP contribution in [0.15, 0.2) is 41.6 Å². The van der Waals surface area contributed by atoms with Crippen LogP contribution >= 0.6 is 11.6 Å². The molecular formula is C19H18ClN3O5S. The highest BCUT2D eigenvalue weighted by Crippen LogP contribution is 2.40. The quantitative estimate of drug-likeness (QED) is 0.586. The SMILES string of the molecule is CCn1c(-c2ccccc2OC)nnc1S(=O)(=O)Cc1cc(Cl)c2c(c1)OCO2. The molecule has 0 N–H and O–H groups in total. The first-order valence-corrected chi connectivity index (χ1v) is 10.8. The Morgan fingerprint density at radius 1 is 1.21 bits per heavy atom. The first-order chi connectivity index (χ1) is 13.9. The van der Waals surface area contributed by atoms with Crippen molar-refractivity contribution in [2.45, 2.75) is 24.4 Å². The molecule has 0 saturated carbocycles. The highest BCUT2D eigenvalue weighted by atomic mass is 35.5. The van der Waals surface area contributed by atoms with Crippen LogP contribution in [0.4, 0.5) is 0 Å². The van der Waals surface area contributed by atoms with Crippen LogP contribution in [0.5, 0.6) is 17.2 Å². The van der Waals surface area contributed by atoms with Gasteiger partial charge in [-0.05, 0) is 36.8 Å². The van der Waals surface area contributed by atoms with Crippen LogP contribution in [0.1, 0.15) is 12.5 Å². The van der Waals surface area contributed by atoms with Crippen molar-refractivity contribution in [2.75, 3.05) is 13.9 Å². The lowest BCUT2D eigenvalue weighted by atomic mass is 10.2. The van der Waals surface area contributed by atoms with Gasteiger partial charge in [0.2, 0.25) is 21.8 Å². The summed E-state index contributed by atoms with van der Waals surface area (Å²) in [6.45, 7) is 2.26. The van der Waals surface area contributed by atoms with E-state index >= 15 is 0 Å². The maximum Gasteiger partial charge on any atom is 0.250 e. The van der Waals surface area contributed by atoms with E-state index in [0.717, 1.165) is 0 Å². The van der Waals surface area contributed by atoms with Crippen molar-refractivity contribution in [1.29, 1.82) is 0 Å². The molecule has 3 aromatic rings. The predicted octanol–water partition coefficient (Wildman–Crippen LogP) is 3.33. The van der Waals surface area contributed by atoms with Crippen LogP contribution in [0.3, 0.4) is 0 Å². The summed E-state index contributed by atoms with van der Waals surface area (Å²) in [6, 6.07) is 10.4. The number of fused-ring (bicyclic) bond motifs is 1. The number of nitrogens with zero attached hydrogens (tertiary/aromatic N) is 3. The van der Waals surface area contributed by atoms with E-state index in [1.165, 1.54) is 0 Å². The highest BCUT2D eigenvalue weighted by Gasteiger charge is 2.28. The lowest BCUT2D eigenvalue weighted by molar-refractivity contribution is 0.174. The van der Waals surface area contributed by atoms with Crippen molar-refractivity contribution in [3.63, 3.8) is 0 Å². The summed E-state index contributed by atoms with van der Waals surface area (Å²) in [6.07, 6.45) is 0. The van der Waals surface area contributed by atoms with Crippen molar-refractivity contribution in [2.24, 2.45) is 0 Å². The molecule has 0 fully saturated rings. The van der Waals surface area contributed by atoms with Crippen LogP contribution in [0.2, 0.25) is 5.02 Å². The smallest absolute Gasteiger partial charge is 0.250 e. The monoisotopic (exact) mass is 435 g/mol. The Morgan fingerprint density at radius 3 is 2.76 bits per heavy atom. The number of rotatable bonds is 6. The van der Waals surface area contributed by atoms with Gasteiger partial charge in [0, 0.05) is 6.54 Å². The molecule has 1 aromatic heterocycles. The topological polar surface area (TPSA) is 92.5 Å². The van der Waals surface area contributed by atoms with Gasteiger partial charge in [-0.2, -0.15) is 0 Å². The second kappa shape index (κ2) is 7.57. The van der Waals surface area contributed by atoms with Crippen LogP contribution in [0.25, 0.3) is 11.4 Å². The standard InChI is InChI=1S/C19H18ClN3O5S/c1-3-23-18(13-6-4-5-7-15(13)26-2)21-22-19(23)29(24,25)10-12-8-14(20)17-16(9-12)27-11-28-17/h4-9H,3,10-11H2,1-2H3. The molecule has 2 aromatic carbocycles. The molecule has 0 bridgehead atoms. The molecule has 10 heteroatoms. The van der Waals surface area contributed by atoms with E-state index in [0.29, 0.717) is 45.8 Å². The van der Waals surface area contributed by atoms with Crippen molar-refractivity contribution in [3.05, 3.63) is 47.0 Å². The van der Waals surface area contributed by atoms with E-state index in [-0.39, 0.29) is 17.7 Å². The summed E-state index contributed by atoms with van der Waals surface area (Å²) in [5, 5.41) is 8.30. The minimum atomic E-state index is -3.80. The van der Waals surface area contributed by atoms with Crippen molar-refractivity contribution in [3.8, 4) is 28.6 Å². The molecule has 1 aliphatic heterocycles. The lowest BCUT2D eigenvalue weighted by Gasteiger charge is -2.11. The van der Waals surface area contributed by atoms with E-state index < -0.39 is 9.84 Å². The van der Waals surface area contributed by atoms with Gasteiger partial charge in [-0.25, -0.2) is 8.42 Å². The zero-order valence-electron chi connectivity index (χ0n) is 15.8. The third kappa shape index (κ3) is 3.51. The predicted molar refractivity (Wildman–Crippen MR) is 106 cm³/mol. The third-order valence-electron chi connectivity index (χ3n) is 4.50. The third-order valence-corrected chi connectivity index (χ3v) is 6.36. The van der Waals surface area contributed by atoms with E-state index in [9.17, 15) is 8.42 Å². The van der Waals surface area contributed by atoms with Crippen LogP contribution in [0, 0.1) is 0 Å². The summed E-state index contributed by atoms with van der Waals surface area (Å²) < 4.78 is 43.8. The maximum atomic E-state index is 13.1. The molecule has 0 amide bonds. The van der Waals surface area contributed by atoms with Gasteiger partial charge in [0.1, 0.15) is 5.75 Å². The lowest BCUT2D eigenvalue weighted by Crippen LogP contribution is -2.13. The number of para-hydroxylation sites is 1. The number of hydrogen-bond donors (Lipinski definition) is 0. The Morgan fingerprint density at radius 2 is 2.00 bits per heavy atom. The van der Waals surface area contributed by atoms with Gasteiger partial charge >= 0.3 is 0 Å². The highest BCUT2D eigenvalue weighted by molar-refractivity contribution is 7.90. The molecular weight excluding hydrogens is 418 g/mol. The van der Waals surface area contributed by atoms with Crippen LogP contribution < -0.4 is 14.2 Å². The molecule has 0 radical (unpaired) electrons. The number of halogens is 1. The van der Waals surface area contributed by atoms with Gasteiger partial charge in [0.05, 0.1) is 23.4 Å². The number of sulfone groups is 1. The molecule has 0 unspecified atom stereocenters. The summed E-state index contributed by atoms with van der Waals surface area (Å²) in [5.74, 6) is 1.55. The zero-order valence-corrected chi connectivity index (χ0v) is 17.3. The van der Waals surface area contributed by atoms with Gasteiger partial charge in [0.15, 0.2) is 17.3 Å². The molecule has 152 valence electrons. The van der Waals surface area contributed by atoms with E-state index in [2.05, 4.69) is 10.2 Å². The minimum Gasteiger partial charge on any atom is -0.496 e. The first-order valence-electron chi connectivity index (χ1n) is 8.82. The Labute approximate surface area is 172 Å². The Balaban J connectivity index is 1.73. The fourth-order valence-corrected chi connectivity index (χ4v) is 4.96. The average molecular weight is 436 g/mol. The number of ether oxygens (including phenoxy) is 3. The van der Waals surface area contributed by atoms with E-state index in [4.69, 9.17) is 25.8 Å². The molecule has 0 saturated heterocycles. The number of benzene rings is 2. The first kappa shape index (κ1) is 19.5. The van der Waals surface area contributed by atoms with Gasteiger partial charge in [-0.1, -0.05) is 23.7 Å². The Hall–Kier alpha value is -2.78. The Kier molecular flexibility index (Phi) is 5.10. The largest absolute Gasteiger partial charge is 0.496 e. The average Bonchev–Trinajstić information content (AvgIpc) is 3.34. The maximum absolute atomic E-state index is 13.1. The van der Waals surface area contributed by atoms with Gasteiger partial charge in [-0.3, -0.25) is 4.57 Å².